The number of hydrogen-bond acceptors (Lipinski definition) is 2. The number of benzene rings is 2. The number of nitrogens with one attached hydrogen (secondary N) is 1. The van der Waals surface area contributed by atoms with Gasteiger partial charge in [-0.05, 0) is 55.3 Å². The van der Waals surface area contributed by atoms with Crippen LogP contribution in [0.25, 0.3) is 16.8 Å². The molecule has 0 unspecified atom stereocenters. The van der Waals surface area contributed by atoms with Crippen molar-refractivity contribution in [1.29, 1.82) is 0 Å². The summed E-state index contributed by atoms with van der Waals surface area (Å²) >= 11 is 0. The van der Waals surface area contributed by atoms with E-state index in [4.69, 9.17) is 0 Å². The first-order chi connectivity index (χ1) is 12.3. The Bertz CT molecular complexity index is 814. The van der Waals surface area contributed by atoms with Crippen molar-refractivity contribution in [1.82, 2.24) is 10.3 Å². The molecule has 0 aliphatic carbocycles. The normalized spacial score (nSPS) is 11.4. The largest absolute Gasteiger partial charge is 0.313 e. The van der Waals surface area contributed by atoms with Crippen LogP contribution in [0.15, 0.2) is 67.0 Å². The van der Waals surface area contributed by atoms with Crippen molar-refractivity contribution in [2.75, 3.05) is 13.1 Å². The smallest absolute Gasteiger partial charge is 0.0346 e. The Labute approximate surface area is 150 Å². The fourth-order valence-corrected chi connectivity index (χ4v) is 3.03. The molecule has 128 valence electrons. The fourth-order valence-electron chi connectivity index (χ4n) is 3.03. The van der Waals surface area contributed by atoms with Gasteiger partial charge in [0.25, 0.3) is 0 Å². The van der Waals surface area contributed by atoms with Gasteiger partial charge in [0.05, 0.1) is 0 Å². The molecule has 1 aromatic heterocycles. The second-order valence-corrected chi connectivity index (χ2v) is 6.49. The van der Waals surface area contributed by atoms with Crippen LogP contribution >= 0.6 is 0 Å². The monoisotopic (exact) mass is 330 g/mol. The third kappa shape index (κ3) is 5.27. The van der Waals surface area contributed by atoms with Crippen LogP contribution in [0.5, 0.6) is 0 Å². The van der Waals surface area contributed by atoms with Crippen LogP contribution in [0.4, 0.5) is 0 Å². The van der Waals surface area contributed by atoms with Crippen molar-refractivity contribution in [2.24, 2.45) is 0 Å². The highest BCUT2D eigenvalue weighted by atomic mass is 14.8. The minimum atomic E-state index is 0.924. The van der Waals surface area contributed by atoms with Crippen LogP contribution in [0.2, 0.25) is 0 Å². The lowest BCUT2D eigenvalue weighted by atomic mass is 10.0. The second kappa shape index (κ2) is 9.14. The van der Waals surface area contributed by atoms with Gasteiger partial charge in [-0.2, -0.15) is 0 Å². The molecule has 25 heavy (non-hydrogen) atoms. The molecule has 2 heteroatoms. The summed E-state index contributed by atoms with van der Waals surface area (Å²) in [5.74, 6) is 0. The Morgan fingerprint density at radius 3 is 2.76 bits per heavy atom. The lowest BCUT2D eigenvalue weighted by Crippen LogP contribution is -2.15. The molecular formula is C23H26N2. The first-order valence-electron chi connectivity index (χ1n) is 9.08. The average molecular weight is 330 g/mol. The molecule has 2 aromatic carbocycles. The summed E-state index contributed by atoms with van der Waals surface area (Å²) < 4.78 is 0. The van der Waals surface area contributed by atoms with E-state index < -0.39 is 0 Å². The molecule has 1 N–H and O–H groups in total. The van der Waals surface area contributed by atoms with Crippen LogP contribution in [0.1, 0.15) is 29.5 Å². The zero-order chi connectivity index (χ0) is 17.3. The summed E-state index contributed by atoms with van der Waals surface area (Å²) in [5.41, 5.74) is 4.00. The first kappa shape index (κ1) is 17.4. The number of hydrogen-bond donors (Lipinski definition) is 1. The quantitative estimate of drug-likeness (QED) is 0.576. The van der Waals surface area contributed by atoms with E-state index in [0.717, 1.165) is 19.5 Å². The summed E-state index contributed by atoms with van der Waals surface area (Å²) in [5, 5.41) is 6.07. The van der Waals surface area contributed by atoms with Crippen molar-refractivity contribution in [3.63, 3.8) is 0 Å². The standard InChI is InChI=1S/C23H26N2/c1-19-10-12-20(13-11-19)6-5-16-24-15-3-2-7-21-8-4-9-22-18-25-17-14-23(21)22/h4-6,8-14,17-18,24H,2-3,7,15-16H2,1H3/b6-5+. The van der Waals surface area contributed by atoms with Gasteiger partial charge in [-0.15, -0.1) is 0 Å². The van der Waals surface area contributed by atoms with Gasteiger partial charge in [0.2, 0.25) is 0 Å². The predicted octanol–water partition coefficient (Wildman–Crippen LogP) is 5.17. The van der Waals surface area contributed by atoms with Crippen LogP contribution in [0, 0.1) is 6.92 Å². The molecule has 0 radical (unpaired) electrons. The number of rotatable bonds is 8. The predicted molar refractivity (Wildman–Crippen MR) is 108 cm³/mol. The third-order valence-corrected chi connectivity index (χ3v) is 4.47. The first-order valence-corrected chi connectivity index (χ1v) is 9.08. The van der Waals surface area contributed by atoms with Gasteiger partial charge in [0.1, 0.15) is 0 Å². The molecule has 0 fully saturated rings. The van der Waals surface area contributed by atoms with Gasteiger partial charge >= 0.3 is 0 Å². The molecule has 0 aliphatic rings. The maximum absolute atomic E-state index is 4.20. The molecule has 2 nitrogen and oxygen atoms in total. The van der Waals surface area contributed by atoms with Gasteiger partial charge in [0, 0.05) is 24.3 Å². The Morgan fingerprint density at radius 2 is 1.88 bits per heavy atom. The van der Waals surface area contributed by atoms with Crippen LogP contribution in [-0.4, -0.2) is 18.1 Å². The summed E-state index contributed by atoms with van der Waals surface area (Å²) in [6.07, 6.45) is 11.7. The molecule has 0 atom stereocenters. The number of unbranched alkanes of at least 4 members (excludes halogenated alkanes) is 1. The van der Waals surface area contributed by atoms with Gasteiger partial charge < -0.3 is 5.32 Å². The van der Waals surface area contributed by atoms with E-state index in [1.165, 1.54) is 40.3 Å². The van der Waals surface area contributed by atoms with Gasteiger partial charge in [-0.25, -0.2) is 0 Å². The van der Waals surface area contributed by atoms with E-state index in [2.05, 4.69) is 77.9 Å². The van der Waals surface area contributed by atoms with E-state index in [9.17, 15) is 0 Å². The number of pyridine rings is 1. The van der Waals surface area contributed by atoms with Crippen LogP contribution < -0.4 is 5.32 Å². The fraction of sp³-hybridized carbons (Fsp3) is 0.261. The number of nitrogens with zero attached hydrogens (tertiary/aromatic N) is 1. The Morgan fingerprint density at radius 1 is 1.00 bits per heavy atom. The molecule has 0 bridgehead atoms. The summed E-state index contributed by atoms with van der Waals surface area (Å²) in [4.78, 5) is 4.20. The number of fused-ring (bicyclic) bond motifs is 1. The van der Waals surface area contributed by atoms with E-state index in [-0.39, 0.29) is 0 Å². The maximum atomic E-state index is 4.20. The van der Waals surface area contributed by atoms with Crippen molar-refractivity contribution in [3.05, 3.63) is 83.7 Å². The molecule has 3 aromatic rings. The van der Waals surface area contributed by atoms with Crippen LogP contribution in [-0.2, 0) is 6.42 Å². The van der Waals surface area contributed by atoms with Crippen molar-refractivity contribution in [2.45, 2.75) is 26.2 Å². The van der Waals surface area contributed by atoms with Gasteiger partial charge in [0.15, 0.2) is 0 Å². The summed E-state index contributed by atoms with van der Waals surface area (Å²) in [6, 6.07) is 17.2. The SMILES string of the molecule is Cc1ccc(/C=C/CNCCCCc2cccc3cnccc23)cc1. The zero-order valence-corrected chi connectivity index (χ0v) is 14.9. The zero-order valence-electron chi connectivity index (χ0n) is 14.9. The maximum Gasteiger partial charge on any atom is 0.0346 e. The van der Waals surface area contributed by atoms with Gasteiger partial charge in [-0.3, -0.25) is 4.98 Å². The van der Waals surface area contributed by atoms with E-state index >= 15 is 0 Å². The topological polar surface area (TPSA) is 24.9 Å². The molecule has 0 aliphatic heterocycles. The van der Waals surface area contributed by atoms with E-state index in [0.29, 0.717) is 0 Å². The molecule has 0 spiro atoms. The van der Waals surface area contributed by atoms with Crippen molar-refractivity contribution in [3.8, 4) is 0 Å². The highest BCUT2D eigenvalue weighted by molar-refractivity contribution is 5.84. The van der Waals surface area contributed by atoms with Gasteiger partial charge in [-0.1, -0.05) is 60.2 Å². The highest BCUT2D eigenvalue weighted by Gasteiger charge is 2.00. The Kier molecular flexibility index (Phi) is 6.35. The summed E-state index contributed by atoms with van der Waals surface area (Å²) in [6.45, 7) is 4.10. The Balaban J connectivity index is 1.35. The third-order valence-electron chi connectivity index (χ3n) is 4.47. The lowest BCUT2D eigenvalue weighted by molar-refractivity contribution is 0.656. The second-order valence-electron chi connectivity index (χ2n) is 6.49. The van der Waals surface area contributed by atoms with E-state index in [1.807, 2.05) is 12.4 Å². The molecule has 0 saturated carbocycles. The highest BCUT2D eigenvalue weighted by Crippen LogP contribution is 2.19. The summed E-state index contributed by atoms with van der Waals surface area (Å²) in [7, 11) is 0. The lowest BCUT2D eigenvalue weighted by Gasteiger charge is -2.06. The minimum absolute atomic E-state index is 0.924. The Hall–Kier alpha value is -2.45. The molecule has 0 saturated heterocycles. The van der Waals surface area contributed by atoms with Crippen LogP contribution in [0.3, 0.4) is 0 Å². The molecule has 3 rings (SSSR count). The molecular weight excluding hydrogens is 304 g/mol. The van der Waals surface area contributed by atoms with Crippen molar-refractivity contribution >= 4 is 16.8 Å². The molecule has 0 amide bonds. The number of aromatic nitrogens is 1. The minimum Gasteiger partial charge on any atom is -0.313 e. The van der Waals surface area contributed by atoms with Crippen molar-refractivity contribution < 1.29 is 0 Å². The van der Waals surface area contributed by atoms with E-state index in [1.54, 1.807) is 0 Å². The average Bonchev–Trinajstić information content (AvgIpc) is 2.65. The molecule has 1 heterocycles. The number of aryl methyl sites for hydroxylation is 2.